The van der Waals surface area contributed by atoms with Crippen LogP contribution >= 0.6 is 0 Å². The van der Waals surface area contributed by atoms with Gasteiger partial charge in [0, 0.05) is 30.1 Å². The number of aromatic amines is 2. The minimum absolute atomic E-state index is 0. The number of aldehydes is 1. The van der Waals surface area contributed by atoms with Gasteiger partial charge in [0.25, 0.3) is 0 Å². The standard InChI is InChI=1S/C19H22N6.C2HF3O.H2/c1-4-25(3)10-12-5-6-15-13(7-12)8-16(23-15)14-9-17(20)24-19-18(14)21-11(2)22-19;3-2(4,5)1-6;/h5-9,23H,4,10H2,1-3H3,(H3,20,21,22,24);1H;1H. The molecule has 4 aromatic rings. The molecule has 0 fully saturated rings. The van der Waals surface area contributed by atoms with Crippen LogP contribution in [0, 0.1) is 6.92 Å². The number of carbonyl (C=O) groups is 1. The molecule has 0 radical (unpaired) electrons. The number of H-pyrrole nitrogens is 2. The van der Waals surface area contributed by atoms with Crippen LogP contribution in [0.5, 0.6) is 0 Å². The number of nitrogens with two attached hydrogens (primary N) is 1. The van der Waals surface area contributed by atoms with Crippen molar-refractivity contribution in [3.63, 3.8) is 0 Å². The maximum Gasteiger partial charge on any atom is 0.446 e. The Bertz CT molecular complexity index is 1220. The summed E-state index contributed by atoms with van der Waals surface area (Å²) in [5, 5.41) is 1.19. The van der Waals surface area contributed by atoms with Gasteiger partial charge in [0.1, 0.15) is 11.6 Å². The molecule has 0 saturated carbocycles. The van der Waals surface area contributed by atoms with Gasteiger partial charge in [0.2, 0.25) is 6.29 Å². The third kappa shape index (κ3) is 5.40. The van der Waals surface area contributed by atoms with Crippen LogP contribution in [0.25, 0.3) is 33.3 Å². The number of nitrogen functional groups attached to an aromatic ring is 1. The maximum atomic E-state index is 10.4. The van der Waals surface area contributed by atoms with Crippen LogP contribution in [0.2, 0.25) is 0 Å². The Morgan fingerprint density at radius 2 is 1.90 bits per heavy atom. The molecular formula is C21H25F3N6O. The van der Waals surface area contributed by atoms with E-state index in [1.54, 1.807) is 0 Å². The first kappa shape index (κ1) is 22.3. The van der Waals surface area contributed by atoms with E-state index in [1.807, 2.05) is 13.0 Å². The molecule has 3 aromatic heterocycles. The van der Waals surface area contributed by atoms with Gasteiger partial charge in [0.05, 0.1) is 5.52 Å². The lowest BCUT2D eigenvalue weighted by atomic mass is 10.1. The Hall–Kier alpha value is -3.40. The highest BCUT2D eigenvalue weighted by Gasteiger charge is 2.24. The lowest BCUT2D eigenvalue weighted by molar-refractivity contribution is -0.156. The SMILES string of the molecule is CCN(C)Cc1ccc2[nH]c(-c3cc(N)nc4nc(C)[nH]c34)cc2c1.O=CC(F)(F)F.[HH]. The molecule has 0 aliphatic heterocycles. The third-order valence-electron chi connectivity index (χ3n) is 4.70. The van der Waals surface area contributed by atoms with Crippen LogP contribution in [0.4, 0.5) is 19.0 Å². The predicted molar refractivity (Wildman–Crippen MR) is 117 cm³/mol. The van der Waals surface area contributed by atoms with E-state index >= 15 is 0 Å². The number of aryl methyl sites for hydroxylation is 1. The molecule has 0 atom stereocenters. The van der Waals surface area contributed by atoms with Crippen molar-refractivity contribution in [1.29, 1.82) is 0 Å². The van der Waals surface area contributed by atoms with Crippen molar-refractivity contribution in [2.45, 2.75) is 26.6 Å². The first-order chi connectivity index (χ1) is 14.6. The number of nitrogens with zero attached hydrogens (tertiary/aromatic N) is 3. The molecule has 1 aromatic carbocycles. The highest BCUT2D eigenvalue weighted by Crippen LogP contribution is 2.30. The highest BCUT2D eigenvalue weighted by atomic mass is 19.4. The lowest BCUT2D eigenvalue weighted by Crippen LogP contribution is -2.16. The lowest BCUT2D eigenvalue weighted by Gasteiger charge is -2.13. The van der Waals surface area contributed by atoms with Crippen molar-refractivity contribution < 1.29 is 19.4 Å². The van der Waals surface area contributed by atoms with Crippen LogP contribution in [0.1, 0.15) is 19.7 Å². The number of carbonyl (C=O) groups excluding carboxylic acids is 1. The summed E-state index contributed by atoms with van der Waals surface area (Å²) in [6.45, 7) is 6.06. The number of fused-ring (bicyclic) bond motifs is 2. The number of hydrogen-bond donors (Lipinski definition) is 3. The van der Waals surface area contributed by atoms with Crippen molar-refractivity contribution in [3.8, 4) is 11.3 Å². The van der Waals surface area contributed by atoms with E-state index in [-0.39, 0.29) is 1.43 Å². The predicted octanol–water partition coefficient (Wildman–Crippen LogP) is 4.44. The Balaban J connectivity index is 0.000000461. The number of nitrogens with one attached hydrogen (secondary N) is 2. The van der Waals surface area contributed by atoms with Gasteiger partial charge in [0.15, 0.2) is 5.65 Å². The second-order valence-electron chi connectivity index (χ2n) is 7.21. The summed E-state index contributed by atoms with van der Waals surface area (Å²) in [5.74, 6) is 1.30. The molecule has 0 bridgehead atoms. The summed E-state index contributed by atoms with van der Waals surface area (Å²) >= 11 is 0. The topological polar surface area (TPSA) is 104 Å². The van der Waals surface area contributed by atoms with E-state index in [9.17, 15) is 13.2 Å². The summed E-state index contributed by atoms with van der Waals surface area (Å²) < 4.78 is 31.2. The van der Waals surface area contributed by atoms with E-state index in [2.05, 4.69) is 63.1 Å². The maximum absolute atomic E-state index is 10.4. The van der Waals surface area contributed by atoms with Gasteiger partial charge in [-0.15, -0.1) is 0 Å². The molecule has 31 heavy (non-hydrogen) atoms. The number of alkyl halides is 3. The second kappa shape index (κ2) is 8.76. The van der Waals surface area contributed by atoms with E-state index in [0.29, 0.717) is 11.5 Å². The Kier molecular flexibility index (Phi) is 6.30. The van der Waals surface area contributed by atoms with Crippen LogP contribution in [-0.2, 0) is 11.3 Å². The van der Waals surface area contributed by atoms with Crippen molar-refractivity contribution in [3.05, 3.63) is 41.7 Å². The van der Waals surface area contributed by atoms with Gasteiger partial charge in [-0.25, -0.2) is 9.97 Å². The molecule has 0 unspecified atom stereocenters. The molecule has 3 heterocycles. The van der Waals surface area contributed by atoms with Gasteiger partial charge in [-0.05, 0) is 50.3 Å². The summed E-state index contributed by atoms with van der Waals surface area (Å²) in [7, 11) is 2.13. The van der Waals surface area contributed by atoms with E-state index in [0.717, 1.165) is 41.2 Å². The third-order valence-corrected chi connectivity index (χ3v) is 4.70. The number of hydrogen-bond acceptors (Lipinski definition) is 5. The summed E-state index contributed by atoms with van der Waals surface area (Å²) in [6.07, 6.45) is -5.70. The normalized spacial score (nSPS) is 11.7. The zero-order valence-electron chi connectivity index (χ0n) is 17.3. The fourth-order valence-electron chi connectivity index (χ4n) is 3.18. The Labute approximate surface area is 178 Å². The number of halogens is 3. The molecular weight excluding hydrogens is 409 g/mol. The Morgan fingerprint density at radius 3 is 2.55 bits per heavy atom. The number of pyridine rings is 1. The van der Waals surface area contributed by atoms with Gasteiger partial charge < -0.3 is 20.6 Å². The molecule has 166 valence electrons. The minimum Gasteiger partial charge on any atom is -0.384 e. The zero-order valence-corrected chi connectivity index (χ0v) is 17.3. The van der Waals surface area contributed by atoms with Gasteiger partial charge in [-0.1, -0.05) is 13.0 Å². The number of benzene rings is 1. The molecule has 10 heteroatoms. The second-order valence-corrected chi connectivity index (χ2v) is 7.21. The van der Waals surface area contributed by atoms with Gasteiger partial charge >= 0.3 is 6.18 Å². The van der Waals surface area contributed by atoms with Crippen molar-refractivity contribution in [1.82, 2.24) is 24.8 Å². The van der Waals surface area contributed by atoms with Crippen LogP contribution in [-0.4, -0.2) is 50.9 Å². The molecule has 0 saturated heterocycles. The average molecular weight is 434 g/mol. The van der Waals surface area contributed by atoms with Gasteiger partial charge in [-0.2, -0.15) is 13.2 Å². The van der Waals surface area contributed by atoms with Crippen LogP contribution in [0.3, 0.4) is 0 Å². The van der Waals surface area contributed by atoms with Gasteiger partial charge in [-0.3, -0.25) is 4.79 Å². The fourth-order valence-corrected chi connectivity index (χ4v) is 3.18. The van der Waals surface area contributed by atoms with E-state index in [1.165, 1.54) is 10.9 Å². The summed E-state index contributed by atoms with van der Waals surface area (Å²) in [5.41, 5.74) is 12.0. The monoisotopic (exact) mass is 434 g/mol. The van der Waals surface area contributed by atoms with Crippen molar-refractivity contribution in [2.75, 3.05) is 19.3 Å². The smallest absolute Gasteiger partial charge is 0.384 e. The highest BCUT2D eigenvalue weighted by molar-refractivity contribution is 5.95. The quantitative estimate of drug-likeness (QED) is 0.412. The van der Waals surface area contributed by atoms with E-state index < -0.39 is 12.5 Å². The largest absolute Gasteiger partial charge is 0.446 e. The first-order valence-corrected chi connectivity index (χ1v) is 9.56. The fraction of sp³-hybridized carbons (Fsp3) is 0.286. The average Bonchev–Trinajstić information content (AvgIpc) is 3.29. The van der Waals surface area contributed by atoms with Crippen LogP contribution in [0.15, 0.2) is 30.3 Å². The molecule has 4 N–H and O–H groups in total. The molecule has 7 nitrogen and oxygen atoms in total. The molecule has 0 spiro atoms. The number of anilines is 1. The number of rotatable bonds is 4. The number of aromatic nitrogens is 4. The number of imidazole rings is 1. The Morgan fingerprint density at radius 1 is 1.19 bits per heavy atom. The summed E-state index contributed by atoms with van der Waals surface area (Å²) in [4.78, 5) is 26.5. The molecule has 4 rings (SSSR count). The van der Waals surface area contributed by atoms with Crippen molar-refractivity contribution >= 4 is 34.2 Å². The summed E-state index contributed by atoms with van der Waals surface area (Å²) in [6, 6.07) is 10.6. The molecule has 0 aliphatic rings. The van der Waals surface area contributed by atoms with Crippen molar-refractivity contribution in [2.24, 2.45) is 0 Å². The zero-order chi connectivity index (χ0) is 22.8. The van der Waals surface area contributed by atoms with Crippen LogP contribution < -0.4 is 5.73 Å². The minimum atomic E-state index is -4.64. The molecule has 0 aliphatic carbocycles. The first-order valence-electron chi connectivity index (χ1n) is 9.56. The van der Waals surface area contributed by atoms with E-state index in [4.69, 9.17) is 10.5 Å². The molecule has 0 amide bonds.